The van der Waals surface area contributed by atoms with Gasteiger partial charge >= 0.3 is 0 Å². The maximum absolute atomic E-state index is 14.6. The molecule has 2 unspecified atom stereocenters. The van der Waals surface area contributed by atoms with E-state index in [1.165, 1.54) is 24.1 Å². The highest BCUT2D eigenvalue weighted by Crippen LogP contribution is 2.32. The number of benzene rings is 4. The molecule has 0 aliphatic rings. The van der Waals surface area contributed by atoms with Crippen molar-refractivity contribution in [2.24, 2.45) is 0 Å². The molecule has 45 heavy (non-hydrogen) atoms. The van der Waals surface area contributed by atoms with Crippen LogP contribution in [0.4, 0.5) is 5.69 Å². The van der Waals surface area contributed by atoms with E-state index in [1.807, 2.05) is 68.4 Å². The van der Waals surface area contributed by atoms with Crippen molar-refractivity contribution in [3.63, 3.8) is 0 Å². The van der Waals surface area contributed by atoms with Crippen molar-refractivity contribution in [2.45, 2.75) is 50.2 Å². The number of methoxy groups -OCH3 is 1. The van der Waals surface area contributed by atoms with Gasteiger partial charge in [0.05, 0.1) is 17.7 Å². The van der Waals surface area contributed by atoms with E-state index in [4.69, 9.17) is 4.74 Å². The van der Waals surface area contributed by atoms with Crippen LogP contribution in [0.15, 0.2) is 119 Å². The summed E-state index contributed by atoms with van der Waals surface area (Å²) in [6, 6.07) is 30.5. The van der Waals surface area contributed by atoms with Gasteiger partial charge < -0.3 is 15.0 Å². The number of halogens is 1. The van der Waals surface area contributed by atoms with Gasteiger partial charge in [-0.25, -0.2) is 8.42 Å². The Kier molecular flexibility index (Phi) is 11.8. The van der Waals surface area contributed by atoms with Crippen LogP contribution in [0.3, 0.4) is 0 Å². The number of hydrogen-bond donors (Lipinski definition) is 1. The zero-order chi connectivity index (χ0) is 32.4. The molecule has 236 valence electrons. The highest BCUT2D eigenvalue weighted by atomic mass is 79.9. The highest BCUT2D eigenvalue weighted by Gasteiger charge is 2.35. The molecule has 0 saturated heterocycles. The number of carbonyl (C=O) groups is 2. The third-order valence-corrected chi connectivity index (χ3v) is 9.80. The van der Waals surface area contributed by atoms with Crippen LogP contribution in [-0.4, -0.2) is 50.9 Å². The summed E-state index contributed by atoms with van der Waals surface area (Å²) in [5, 5.41) is 3.05. The molecule has 8 nitrogen and oxygen atoms in total. The van der Waals surface area contributed by atoms with Crippen molar-refractivity contribution in [2.75, 3.05) is 18.0 Å². The number of para-hydroxylation sites is 2. The lowest BCUT2D eigenvalue weighted by Crippen LogP contribution is -2.54. The first kappa shape index (κ1) is 33.7. The first-order chi connectivity index (χ1) is 21.6. The topological polar surface area (TPSA) is 96.0 Å². The minimum atomic E-state index is -4.22. The molecule has 0 spiro atoms. The molecule has 2 atom stereocenters. The standard InChI is InChI=1S/C35H38BrN3O5S/c1-4-26(2)37-35(41)32(23-27-13-7-5-8-14-27)38(24-28-19-21-29(36)22-20-28)34(40)25-39(31-17-11-12-18-33(31)44-3)45(42,43)30-15-9-6-10-16-30/h5-22,26,32H,4,23-25H2,1-3H3,(H,37,41). The number of ether oxygens (including phenoxy) is 1. The first-order valence-corrected chi connectivity index (χ1v) is 17.0. The maximum Gasteiger partial charge on any atom is 0.264 e. The summed E-state index contributed by atoms with van der Waals surface area (Å²) in [4.78, 5) is 30.0. The normalized spacial score (nSPS) is 12.5. The molecule has 0 radical (unpaired) electrons. The van der Waals surface area contributed by atoms with Gasteiger partial charge in [0.2, 0.25) is 11.8 Å². The highest BCUT2D eigenvalue weighted by molar-refractivity contribution is 9.10. The Morgan fingerprint density at radius 3 is 2.07 bits per heavy atom. The quantitative estimate of drug-likeness (QED) is 0.170. The van der Waals surface area contributed by atoms with Crippen molar-refractivity contribution >= 4 is 43.5 Å². The maximum atomic E-state index is 14.6. The van der Waals surface area contributed by atoms with E-state index in [0.717, 1.165) is 19.9 Å². The average Bonchev–Trinajstić information content (AvgIpc) is 3.06. The summed E-state index contributed by atoms with van der Waals surface area (Å²) >= 11 is 3.46. The van der Waals surface area contributed by atoms with Crippen LogP contribution in [0.2, 0.25) is 0 Å². The molecule has 0 fully saturated rings. The molecule has 0 saturated carbocycles. The van der Waals surface area contributed by atoms with Gasteiger partial charge in [-0.1, -0.05) is 95.7 Å². The molecular weight excluding hydrogens is 654 g/mol. The van der Waals surface area contributed by atoms with Crippen molar-refractivity contribution in [3.05, 3.63) is 125 Å². The third-order valence-electron chi connectivity index (χ3n) is 7.50. The minimum Gasteiger partial charge on any atom is -0.495 e. The van der Waals surface area contributed by atoms with E-state index in [0.29, 0.717) is 12.2 Å². The van der Waals surface area contributed by atoms with Crippen molar-refractivity contribution in [3.8, 4) is 5.75 Å². The fourth-order valence-corrected chi connectivity index (χ4v) is 6.56. The second-order valence-electron chi connectivity index (χ2n) is 10.7. The lowest BCUT2D eigenvalue weighted by atomic mass is 10.0. The molecule has 4 rings (SSSR count). The summed E-state index contributed by atoms with van der Waals surface area (Å²) in [7, 11) is -2.78. The van der Waals surface area contributed by atoms with Gasteiger partial charge in [-0.05, 0) is 60.9 Å². The number of anilines is 1. The Hall–Kier alpha value is -4.15. The van der Waals surface area contributed by atoms with Crippen LogP contribution in [0.5, 0.6) is 5.75 Å². The van der Waals surface area contributed by atoms with E-state index < -0.39 is 28.5 Å². The van der Waals surface area contributed by atoms with Gasteiger partial charge in [0.15, 0.2) is 0 Å². The zero-order valence-corrected chi connectivity index (χ0v) is 28.0. The van der Waals surface area contributed by atoms with E-state index in [1.54, 1.807) is 42.5 Å². The first-order valence-electron chi connectivity index (χ1n) is 14.7. The molecule has 1 N–H and O–H groups in total. The Morgan fingerprint density at radius 1 is 0.844 bits per heavy atom. The molecule has 2 amide bonds. The van der Waals surface area contributed by atoms with Gasteiger partial charge in [0.1, 0.15) is 18.3 Å². The molecule has 4 aromatic carbocycles. The molecule has 4 aromatic rings. The summed E-state index contributed by atoms with van der Waals surface area (Å²) in [6.07, 6.45) is 0.951. The van der Waals surface area contributed by atoms with Crippen LogP contribution in [0, 0.1) is 0 Å². The van der Waals surface area contributed by atoms with Crippen LogP contribution in [-0.2, 0) is 32.6 Å². The predicted molar refractivity (Wildman–Crippen MR) is 180 cm³/mol. The Morgan fingerprint density at radius 2 is 1.44 bits per heavy atom. The number of sulfonamides is 1. The summed E-state index contributed by atoms with van der Waals surface area (Å²) in [5.74, 6) is -0.559. The fraction of sp³-hybridized carbons (Fsp3) is 0.257. The number of amides is 2. The van der Waals surface area contributed by atoms with E-state index in [-0.39, 0.29) is 35.5 Å². The number of hydrogen-bond acceptors (Lipinski definition) is 5. The van der Waals surface area contributed by atoms with Crippen LogP contribution in [0.1, 0.15) is 31.4 Å². The predicted octanol–water partition coefficient (Wildman–Crippen LogP) is 6.21. The summed E-state index contributed by atoms with van der Waals surface area (Å²) < 4.78 is 35.8. The number of rotatable bonds is 14. The number of nitrogens with one attached hydrogen (secondary N) is 1. The average molecular weight is 693 g/mol. The van der Waals surface area contributed by atoms with E-state index >= 15 is 0 Å². The van der Waals surface area contributed by atoms with Gasteiger partial charge in [0.25, 0.3) is 10.0 Å². The Bertz CT molecular complexity index is 1670. The zero-order valence-electron chi connectivity index (χ0n) is 25.6. The molecule has 0 bridgehead atoms. The van der Waals surface area contributed by atoms with Crippen LogP contribution >= 0.6 is 15.9 Å². The van der Waals surface area contributed by atoms with Crippen LogP contribution in [0.25, 0.3) is 0 Å². The summed E-state index contributed by atoms with van der Waals surface area (Å²) in [5.41, 5.74) is 1.87. The molecule has 10 heteroatoms. The molecule has 0 aliphatic carbocycles. The van der Waals surface area contributed by atoms with Crippen molar-refractivity contribution in [1.29, 1.82) is 0 Å². The van der Waals surface area contributed by atoms with E-state index in [9.17, 15) is 18.0 Å². The van der Waals surface area contributed by atoms with Gasteiger partial charge in [-0.15, -0.1) is 0 Å². The lowest BCUT2D eigenvalue weighted by molar-refractivity contribution is -0.140. The number of nitrogens with zero attached hydrogens (tertiary/aromatic N) is 2. The Labute approximate surface area is 274 Å². The molecule has 0 aliphatic heterocycles. The van der Waals surface area contributed by atoms with Crippen molar-refractivity contribution < 1.29 is 22.7 Å². The monoisotopic (exact) mass is 691 g/mol. The summed E-state index contributed by atoms with van der Waals surface area (Å²) in [6.45, 7) is 3.41. The second kappa shape index (κ2) is 15.7. The fourth-order valence-electron chi connectivity index (χ4n) is 4.85. The molecular formula is C35H38BrN3O5S. The smallest absolute Gasteiger partial charge is 0.264 e. The van der Waals surface area contributed by atoms with Crippen molar-refractivity contribution in [1.82, 2.24) is 10.2 Å². The van der Waals surface area contributed by atoms with Gasteiger partial charge in [-0.3, -0.25) is 13.9 Å². The van der Waals surface area contributed by atoms with Gasteiger partial charge in [0, 0.05) is 23.5 Å². The molecule has 0 aromatic heterocycles. The lowest BCUT2D eigenvalue weighted by Gasteiger charge is -2.34. The Balaban J connectivity index is 1.82. The largest absolute Gasteiger partial charge is 0.495 e. The molecule has 0 heterocycles. The minimum absolute atomic E-state index is 0.0264. The number of carbonyl (C=O) groups excluding carboxylic acids is 2. The SMILES string of the molecule is CCC(C)NC(=O)C(Cc1ccccc1)N(Cc1ccc(Br)cc1)C(=O)CN(c1ccccc1OC)S(=O)(=O)c1ccccc1. The van der Waals surface area contributed by atoms with Gasteiger partial charge in [-0.2, -0.15) is 0 Å². The second-order valence-corrected chi connectivity index (χ2v) is 13.4. The van der Waals surface area contributed by atoms with E-state index in [2.05, 4.69) is 21.2 Å². The third kappa shape index (κ3) is 8.73. The van der Waals surface area contributed by atoms with Crippen LogP contribution < -0.4 is 14.4 Å².